The minimum atomic E-state index is 0.272. The molecule has 86 valence electrons. The Bertz CT molecular complexity index is 489. The average molecular weight is 291 g/mol. The summed E-state index contributed by atoms with van der Waals surface area (Å²) in [6.45, 7) is 0. The molecular weight excluding hydrogens is 279 g/mol. The molecule has 0 unspecified atom stereocenters. The van der Waals surface area contributed by atoms with E-state index < -0.39 is 0 Å². The first-order valence-electron chi connectivity index (χ1n) is 5.19. The molecular formula is C14H12O2Se. The quantitative estimate of drug-likeness (QED) is 0.624. The van der Waals surface area contributed by atoms with Crippen LogP contribution in [0.25, 0.3) is 0 Å². The molecule has 2 aromatic rings. The molecule has 0 saturated carbocycles. The van der Waals surface area contributed by atoms with Crippen LogP contribution in [0.2, 0.25) is 0 Å². The van der Waals surface area contributed by atoms with E-state index in [0.29, 0.717) is 0 Å². The summed E-state index contributed by atoms with van der Waals surface area (Å²) in [7, 11) is 1.66. The Labute approximate surface area is 107 Å². The van der Waals surface area contributed by atoms with E-state index in [0.717, 1.165) is 17.6 Å². The predicted octanol–water partition coefficient (Wildman–Crippen LogP) is 1.16. The molecule has 0 heterocycles. The van der Waals surface area contributed by atoms with Gasteiger partial charge in [-0.15, -0.1) is 0 Å². The van der Waals surface area contributed by atoms with Crippen molar-refractivity contribution in [2.45, 2.75) is 0 Å². The number of hydrogen-bond acceptors (Lipinski definition) is 2. The Hall–Kier alpha value is -1.57. The molecule has 3 heteroatoms. The van der Waals surface area contributed by atoms with Crippen molar-refractivity contribution in [3.8, 4) is 5.75 Å². The van der Waals surface area contributed by atoms with Crippen molar-refractivity contribution in [1.82, 2.24) is 0 Å². The maximum absolute atomic E-state index is 10.5. The average Bonchev–Trinajstić information content (AvgIpc) is 2.40. The molecule has 2 rings (SSSR count). The van der Waals surface area contributed by atoms with Gasteiger partial charge in [0.05, 0.1) is 0 Å². The van der Waals surface area contributed by atoms with E-state index in [9.17, 15) is 4.79 Å². The van der Waals surface area contributed by atoms with Crippen LogP contribution in [0.1, 0.15) is 10.4 Å². The second kappa shape index (κ2) is 5.67. The molecule has 2 aromatic carbocycles. The van der Waals surface area contributed by atoms with E-state index in [1.807, 2.05) is 36.4 Å². The summed E-state index contributed by atoms with van der Waals surface area (Å²) in [4.78, 5) is 10.5. The van der Waals surface area contributed by atoms with E-state index in [2.05, 4.69) is 12.1 Å². The molecule has 17 heavy (non-hydrogen) atoms. The molecule has 0 radical (unpaired) electrons. The van der Waals surface area contributed by atoms with Crippen molar-refractivity contribution >= 4 is 30.2 Å². The molecule has 2 nitrogen and oxygen atoms in total. The first kappa shape index (κ1) is 11.9. The third kappa shape index (κ3) is 3.19. The molecule has 0 atom stereocenters. The van der Waals surface area contributed by atoms with Gasteiger partial charge in [0.1, 0.15) is 0 Å². The summed E-state index contributed by atoms with van der Waals surface area (Å²) in [5.41, 5.74) is 0.722. The van der Waals surface area contributed by atoms with E-state index in [-0.39, 0.29) is 15.0 Å². The van der Waals surface area contributed by atoms with E-state index in [1.54, 1.807) is 7.11 Å². The van der Waals surface area contributed by atoms with Crippen LogP contribution in [0.15, 0.2) is 48.5 Å². The van der Waals surface area contributed by atoms with Crippen LogP contribution < -0.4 is 13.7 Å². The van der Waals surface area contributed by atoms with Gasteiger partial charge in [-0.2, -0.15) is 0 Å². The fraction of sp³-hybridized carbons (Fsp3) is 0.0714. The Morgan fingerprint density at radius 1 is 0.941 bits per heavy atom. The number of carbonyl (C=O) groups is 1. The molecule has 0 bridgehead atoms. The Morgan fingerprint density at radius 2 is 1.47 bits per heavy atom. The maximum atomic E-state index is 10.5. The van der Waals surface area contributed by atoms with Gasteiger partial charge in [0.15, 0.2) is 0 Å². The first-order chi connectivity index (χ1) is 8.31. The number of ether oxygens (including phenoxy) is 1. The molecule has 0 N–H and O–H groups in total. The van der Waals surface area contributed by atoms with Gasteiger partial charge in [0.25, 0.3) is 0 Å². The van der Waals surface area contributed by atoms with Crippen LogP contribution in [0.5, 0.6) is 5.75 Å². The summed E-state index contributed by atoms with van der Waals surface area (Å²) in [5, 5.41) is 0. The number of methoxy groups -OCH3 is 1. The number of benzene rings is 2. The molecule has 0 aliphatic rings. The normalized spacial score (nSPS) is 9.94. The number of rotatable bonds is 4. The first-order valence-corrected chi connectivity index (χ1v) is 6.90. The number of aldehydes is 1. The van der Waals surface area contributed by atoms with Crippen LogP contribution in [0.4, 0.5) is 0 Å². The minimum absolute atomic E-state index is 0.272. The summed E-state index contributed by atoms with van der Waals surface area (Å²) in [6, 6.07) is 15.8. The summed E-state index contributed by atoms with van der Waals surface area (Å²) < 4.78 is 7.66. The fourth-order valence-corrected chi connectivity index (χ4v) is 3.11. The van der Waals surface area contributed by atoms with Gasteiger partial charge in [0, 0.05) is 0 Å². The van der Waals surface area contributed by atoms with Crippen molar-refractivity contribution in [2.24, 2.45) is 0 Å². The van der Waals surface area contributed by atoms with E-state index in [4.69, 9.17) is 4.74 Å². The topological polar surface area (TPSA) is 26.3 Å². The predicted molar refractivity (Wildman–Crippen MR) is 69.8 cm³/mol. The van der Waals surface area contributed by atoms with Crippen LogP contribution in [0, 0.1) is 0 Å². The van der Waals surface area contributed by atoms with Crippen molar-refractivity contribution in [3.05, 3.63) is 54.1 Å². The zero-order chi connectivity index (χ0) is 12.1. The summed E-state index contributed by atoms with van der Waals surface area (Å²) in [6.07, 6.45) is 0.865. The van der Waals surface area contributed by atoms with E-state index in [1.165, 1.54) is 8.92 Å². The molecule has 0 aliphatic carbocycles. The van der Waals surface area contributed by atoms with Crippen LogP contribution in [-0.2, 0) is 0 Å². The van der Waals surface area contributed by atoms with Gasteiger partial charge >= 0.3 is 107 Å². The van der Waals surface area contributed by atoms with Crippen molar-refractivity contribution in [1.29, 1.82) is 0 Å². The van der Waals surface area contributed by atoms with Crippen molar-refractivity contribution in [2.75, 3.05) is 7.11 Å². The molecule has 0 saturated heterocycles. The van der Waals surface area contributed by atoms with Gasteiger partial charge in [-0.1, -0.05) is 0 Å². The fourth-order valence-electron chi connectivity index (χ4n) is 1.39. The molecule has 0 fully saturated rings. The van der Waals surface area contributed by atoms with Gasteiger partial charge < -0.3 is 0 Å². The van der Waals surface area contributed by atoms with Gasteiger partial charge in [-0.3, -0.25) is 0 Å². The Kier molecular flexibility index (Phi) is 3.97. The zero-order valence-corrected chi connectivity index (χ0v) is 11.1. The van der Waals surface area contributed by atoms with Gasteiger partial charge in [0.2, 0.25) is 0 Å². The number of carbonyl (C=O) groups excluding carboxylic acids is 1. The van der Waals surface area contributed by atoms with Crippen LogP contribution in [0.3, 0.4) is 0 Å². The zero-order valence-electron chi connectivity index (χ0n) is 9.42. The third-order valence-corrected chi connectivity index (χ3v) is 4.44. The monoisotopic (exact) mass is 292 g/mol. The molecule has 0 spiro atoms. The van der Waals surface area contributed by atoms with Crippen molar-refractivity contribution < 1.29 is 9.53 Å². The SMILES string of the molecule is COc1ccc([Se]c2ccc(C=O)cc2)cc1. The standard InChI is InChI=1S/C14H12O2Se/c1-16-12-4-8-14(9-5-12)17-13-6-2-11(10-15)3-7-13/h2-10H,1H3. The van der Waals surface area contributed by atoms with Gasteiger partial charge in [-0.05, 0) is 0 Å². The number of hydrogen-bond donors (Lipinski definition) is 0. The van der Waals surface area contributed by atoms with E-state index >= 15 is 0 Å². The Balaban J connectivity index is 2.10. The third-order valence-electron chi connectivity index (χ3n) is 2.31. The van der Waals surface area contributed by atoms with Crippen LogP contribution >= 0.6 is 0 Å². The summed E-state index contributed by atoms with van der Waals surface area (Å²) >= 11 is 0.272. The second-order valence-electron chi connectivity index (χ2n) is 3.46. The van der Waals surface area contributed by atoms with Crippen LogP contribution in [-0.4, -0.2) is 28.4 Å². The molecule has 0 aromatic heterocycles. The Morgan fingerprint density at radius 3 is 1.94 bits per heavy atom. The molecule has 0 aliphatic heterocycles. The second-order valence-corrected chi connectivity index (χ2v) is 5.87. The van der Waals surface area contributed by atoms with Crippen molar-refractivity contribution in [3.63, 3.8) is 0 Å². The summed E-state index contributed by atoms with van der Waals surface area (Å²) in [5.74, 6) is 0.876. The van der Waals surface area contributed by atoms with Gasteiger partial charge in [-0.25, -0.2) is 0 Å². The molecule has 0 amide bonds.